The summed E-state index contributed by atoms with van der Waals surface area (Å²) < 4.78 is 1.25. The van der Waals surface area contributed by atoms with Crippen molar-refractivity contribution < 1.29 is 19.8 Å². The molecule has 2 N–H and O–H groups in total. The zero-order chi connectivity index (χ0) is 12.2. The Balaban J connectivity index is 5.04. The molecular weight excluding hydrogens is 224 g/mol. The molecule has 0 aromatic carbocycles. The minimum absolute atomic E-state index is 0.431. The second kappa shape index (κ2) is 5.19. The maximum atomic E-state index is 11.3. The van der Waals surface area contributed by atoms with Gasteiger partial charge in [-0.15, -0.1) is 4.91 Å². The van der Waals surface area contributed by atoms with E-state index in [2.05, 4.69) is 4.58 Å². The fourth-order valence-corrected chi connectivity index (χ4v) is 1.58. The first kappa shape index (κ1) is 14.0. The lowest BCUT2D eigenvalue weighted by Crippen LogP contribution is -3.16. The molecule has 0 fully saturated rings. The summed E-state index contributed by atoms with van der Waals surface area (Å²) in [6.45, 7) is 3.74. The third-order valence-electron chi connectivity index (χ3n) is 1.82. The van der Waals surface area contributed by atoms with E-state index in [-0.39, 0.29) is 0 Å². The number of carbonyl (C=O) groups is 2. The molecule has 0 aliphatic heterocycles. The van der Waals surface area contributed by atoms with Gasteiger partial charge in [-0.25, -0.2) is 9.59 Å². The van der Waals surface area contributed by atoms with Gasteiger partial charge in [-0.2, -0.15) is 0 Å². The SMILES string of the molecule is CC(=O)[NH+]([O-])[C@H](C(=O)O)C(C)(C)SN=O. The first-order valence-electron chi connectivity index (χ1n) is 4.02. The smallest absolute Gasteiger partial charge is 0.364 e. The molecule has 8 heteroatoms. The number of quaternary nitrogens is 1. The number of hydroxylamine groups is 2. The zero-order valence-electron chi connectivity index (χ0n) is 8.51. The van der Waals surface area contributed by atoms with Crippen LogP contribution in [0, 0.1) is 10.1 Å². The minimum atomic E-state index is -1.56. The number of nitroso groups, excluding NO2 is 1. The highest BCUT2D eigenvalue weighted by Crippen LogP contribution is 2.27. The molecule has 0 aromatic rings. The Kier molecular flexibility index (Phi) is 4.85. The van der Waals surface area contributed by atoms with Crippen molar-refractivity contribution in [3.63, 3.8) is 0 Å². The van der Waals surface area contributed by atoms with Crippen LogP contribution in [0.15, 0.2) is 4.58 Å². The van der Waals surface area contributed by atoms with Crippen molar-refractivity contribution in [1.29, 1.82) is 0 Å². The van der Waals surface area contributed by atoms with Crippen molar-refractivity contribution in [2.45, 2.75) is 31.6 Å². The van der Waals surface area contributed by atoms with Gasteiger partial charge in [0.05, 0.1) is 11.7 Å². The van der Waals surface area contributed by atoms with Crippen molar-refractivity contribution in [3.8, 4) is 0 Å². The third kappa shape index (κ3) is 3.57. The third-order valence-corrected chi connectivity index (χ3v) is 2.60. The number of carboxylic acids is 1. The number of carboxylic acid groups (broad SMARTS) is 1. The quantitative estimate of drug-likeness (QED) is 0.380. The molecule has 0 aliphatic carbocycles. The molecule has 0 aliphatic rings. The molecule has 86 valence electrons. The fraction of sp³-hybridized carbons (Fsp3) is 0.714. The lowest BCUT2D eigenvalue weighted by atomic mass is 10.0. The van der Waals surface area contributed by atoms with Gasteiger partial charge in [0, 0.05) is 16.5 Å². The molecule has 7 nitrogen and oxygen atoms in total. The van der Waals surface area contributed by atoms with Gasteiger partial charge in [0.25, 0.3) is 0 Å². The molecule has 0 saturated heterocycles. The summed E-state index contributed by atoms with van der Waals surface area (Å²) in [5.74, 6) is -2.28. The molecule has 0 spiro atoms. The Hall–Kier alpha value is -0.990. The van der Waals surface area contributed by atoms with Crippen LogP contribution in [0.4, 0.5) is 0 Å². The number of hydrogen-bond donors (Lipinski definition) is 2. The van der Waals surface area contributed by atoms with Crippen molar-refractivity contribution in [3.05, 3.63) is 10.1 Å². The van der Waals surface area contributed by atoms with E-state index < -0.39 is 27.7 Å². The maximum absolute atomic E-state index is 11.3. The summed E-state index contributed by atoms with van der Waals surface area (Å²) in [5, 5.41) is 19.1. The van der Waals surface area contributed by atoms with Crippen LogP contribution >= 0.6 is 11.9 Å². The predicted molar refractivity (Wildman–Crippen MR) is 53.9 cm³/mol. The van der Waals surface area contributed by atoms with E-state index in [1.54, 1.807) is 0 Å². The van der Waals surface area contributed by atoms with Gasteiger partial charge in [-0.3, -0.25) is 5.06 Å². The second-order valence-electron chi connectivity index (χ2n) is 3.46. The summed E-state index contributed by atoms with van der Waals surface area (Å²) in [5.41, 5.74) is 0. The zero-order valence-corrected chi connectivity index (χ0v) is 9.33. The molecule has 1 amide bonds. The predicted octanol–water partition coefficient (Wildman–Crippen LogP) is -0.438. The van der Waals surface area contributed by atoms with Crippen LogP contribution < -0.4 is 5.06 Å². The Morgan fingerprint density at radius 1 is 1.53 bits per heavy atom. The van der Waals surface area contributed by atoms with Gasteiger partial charge in [0.15, 0.2) is 0 Å². The van der Waals surface area contributed by atoms with Crippen molar-refractivity contribution in [1.82, 2.24) is 0 Å². The van der Waals surface area contributed by atoms with Gasteiger partial charge in [0.2, 0.25) is 6.04 Å². The van der Waals surface area contributed by atoms with E-state index in [0.717, 1.165) is 6.92 Å². The lowest BCUT2D eigenvalue weighted by Gasteiger charge is -2.33. The summed E-state index contributed by atoms with van der Waals surface area (Å²) in [6, 6.07) is -1.56. The highest BCUT2D eigenvalue weighted by molar-refractivity contribution is 7.99. The number of aliphatic carboxylic acids is 1. The topological polar surface area (TPSA) is 111 Å². The van der Waals surface area contributed by atoms with Crippen LogP contribution in [0.2, 0.25) is 0 Å². The first-order valence-corrected chi connectivity index (χ1v) is 4.79. The Labute approximate surface area is 90.5 Å². The molecule has 0 radical (unpaired) electrons. The number of carbonyl (C=O) groups excluding carboxylic acids is 1. The van der Waals surface area contributed by atoms with Gasteiger partial charge < -0.3 is 10.3 Å². The van der Waals surface area contributed by atoms with Gasteiger partial charge in [-0.05, 0) is 13.8 Å². The number of nitrogens with zero attached hydrogens (tertiary/aromatic N) is 1. The van der Waals surface area contributed by atoms with Crippen molar-refractivity contribution >= 4 is 23.8 Å². The molecule has 0 saturated carbocycles. The van der Waals surface area contributed by atoms with Crippen LogP contribution in [0.25, 0.3) is 0 Å². The molecule has 1 unspecified atom stereocenters. The molecule has 15 heavy (non-hydrogen) atoms. The molecule has 0 aromatic heterocycles. The van der Waals surface area contributed by atoms with Crippen LogP contribution in [-0.4, -0.2) is 27.8 Å². The molecule has 0 bridgehead atoms. The van der Waals surface area contributed by atoms with E-state index in [4.69, 9.17) is 5.11 Å². The standard InChI is InChI=1S/C7H12N2O5S/c1-4(10)9(14)5(6(11)12)7(2,3)15-8-13/h5,9H,1-3H3,(H,11,12)/t5-/m1/s1. The Bertz CT molecular complexity index is 281. The Morgan fingerprint density at radius 2 is 2.00 bits per heavy atom. The van der Waals surface area contributed by atoms with Crippen molar-refractivity contribution in [2.75, 3.05) is 0 Å². The summed E-state index contributed by atoms with van der Waals surface area (Å²) >= 11 is 0.431. The van der Waals surface area contributed by atoms with E-state index >= 15 is 0 Å². The largest absolute Gasteiger partial charge is 0.626 e. The van der Waals surface area contributed by atoms with Crippen molar-refractivity contribution in [2.24, 2.45) is 4.58 Å². The monoisotopic (exact) mass is 236 g/mol. The maximum Gasteiger partial charge on any atom is 0.364 e. The molecular formula is C7H12N2O5S. The fourth-order valence-electron chi connectivity index (χ4n) is 1.08. The van der Waals surface area contributed by atoms with Gasteiger partial charge >= 0.3 is 11.9 Å². The second-order valence-corrected chi connectivity index (χ2v) is 4.84. The summed E-state index contributed by atoms with van der Waals surface area (Å²) in [4.78, 5) is 31.7. The van der Waals surface area contributed by atoms with E-state index in [0.29, 0.717) is 11.9 Å². The highest BCUT2D eigenvalue weighted by Gasteiger charge is 2.44. The lowest BCUT2D eigenvalue weighted by molar-refractivity contribution is -0.786. The summed E-state index contributed by atoms with van der Waals surface area (Å²) in [7, 11) is 0. The van der Waals surface area contributed by atoms with E-state index in [1.165, 1.54) is 13.8 Å². The number of nitrogens with one attached hydrogen (secondary N) is 1. The van der Waals surface area contributed by atoms with E-state index in [9.17, 15) is 19.7 Å². The number of rotatable bonds is 5. The van der Waals surface area contributed by atoms with Crippen LogP contribution in [0.3, 0.4) is 0 Å². The van der Waals surface area contributed by atoms with Crippen LogP contribution in [0.5, 0.6) is 0 Å². The van der Waals surface area contributed by atoms with Crippen LogP contribution in [0.1, 0.15) is 20.8 Å². The molecule has 0 rings (SSSR count). The summed E-state index contributed by atoms with van der Waals surface area (Å²) in [6.07, 6.45) is 0. The van der Waals surface area contributed by atoms with E-state index in [1.807, 2.05) is 0 Å². The van der Waals surface area contributed by atoms with Crippen LogP contribution in [-0.2, 0) is 9.59 Å². The number of amides is 1. The molecule has 0 heterocycles. The normalized spacial score (nSPS) is 15.5. The molecule has 2 atom stereocenters. The van der Waals surface area contributed by atoms with Gasteiger partial charge in [-0.1, -0.05) is 0 Å². The minimum Gasteiger partial charge on any atom is -0.626 e. The average molecular weight is 236 g/mol. The first-order chi connectivity index (χ1) is 6.74. The number of hydrogen-bond acceptors (Lipinski definition) is 6. The average Bonchev–Trinajstić information content (AvgIpc) is 2.01. The highest BCUT2D eigenvalue weighted by atomic mass is 32.2. The van der Waals surface area contributed by atoms with Gasteiger partial charge in [0.1, 0.15) is 0 Å². The Morgan fingerprint density at radius 3 is 2.27 bits per heavy atom.